The van der Waals surface area contributed by atoms with E-state index in [2.05, 4.69) is 24.1 Å². The quantitative estimate of drug-likeness (QED) is 0.629. The van der Waals surface area contributed by atoms with Crippen molar-refractivity contribution in [3.8, 4) is 5.75 Å². The molecule has 0 saturated carbocycles. The number of carbonyl (C=O) groups is 1. The highest BCUT2D eigenvalue weighted by Gasteiger charge is 2.24. The Balaban J connectivity index is 2.32. The number of aryl methyl sites for hydroxylation is 1. The Labute approximate surface area is 170 Å². The number of phenols is 1. The number of aromatic hydroxyl groups is 1. The summed E-state index contributed by atoms with van der Waals surface area (Å²) in [5.41, 5.74) is 0.668. The van der Waals surface area contributed by atoms with Crippen molar-refractivity contribution in [1.29, 1.82) is 0 Å². The number of hydrogen-bond acceptors (Lipinski definition) is 6. The van der Waals surface area contributed by atoms with E-state index in [9.17, 15) is 18.3 Å². The summed E-state index contributed by atoms with van der Waals surface area (Å²) >= 11 is 1.31. The molecule has 1 amide bonds. The highest BCUT2D eigenvalue weighted by atomic mass is 32.2. The van der Waals surface area contributed by atoms with Crippen LogP contribution in [0.15, 0.2) is 23.1 Å². The lowest BCUT2D eigenvalue weighted by atomic mass is 10.1. The van der Waals surface area contributed by atoms with Crippen molar-refractivity contribution >= 4 is 33.0 Å². The summed E-state index contributed by atoms with van der Waals surface area (Å²) in [6.07, 6.45) is 0.779. The summed E-state index contributed by atoms with van der Waals surface area (Å²) in [5, 5.41) is 13.6. The molecule has 0 saturated heterocycles. The second-order valence-electron chi connectivity index (χ2n) is 6.84. The third-order valence-electron chi connectivity index (χ3n) is 4.19. The molecule has 0 unspecified atom stereocenters. The van der Waals surface area contributed by atoms with Gasteiger partial charge in [-0.1, -0.05) is 27.7 Å². The number of rotatable bonds is 8. The first kappa shape index (κ1) is 22.3. The van der Waals surface area contributed by atoms with Crippen molar-refractivity contribution in [2.45, 2.75) is 45.9 Å². The predicted molar refractivity (Wildman–Crippen MR) is 112 cm³/mol. The van der Waals surface area contributed by atoms with Crippen molar-refractivity contribution in [2.75, 3.05) is 18.4 Å². The van der Waals surface area contributed by atoms with Gasteiger partial charge in [-0.25, -0.2) is 13.4 Å². The van der Waals surface area contributed by atoms with Crippen molar-refractivity contribution in [3.05, 3.63) is 33.8 Å². The van der Waals surface area contributed by atoms with Crippen LogP contribution >= 0.6 is 11.3 Å². The van der Waals surface area contributed by atoms with Gasteiger partial charge in [-0.15, -0.1) is 11.3 Å². The van der Waals surface area contributed by atoms with Crippen LogP contribution in [0.2, 0.25) is 0 Å². The summed E-state index contributed by atoms with van der Waals surface area (Å²) in [7, 11) is -3.70. The fourth-order valence-corrected chi connectivity index (χ4v) is 5.42. The van der Waals surface area contributed by atoms with Crippen LogP contribution in [-0.4, -0.2) is 41.8 Å². The molecule has 1 aromatic carbocycles. The summed E-state index contributed by atoms with van der Waals surface area (Å²) in [5.74, 6) is -0.193. The van der Waals surface area contributed by atoms with Gasteiger partial charge in [0, 0.05) is 19.5 Å². The summed E-state index contributed by atoms with van der Waals surface area (Å²) in [6.45, 7) is 10.1. The number of anilines is 1. The van der Waals surface area contributed by atoms with E-state index in [0.717, 1.165) is 11.4 Å². The number of nitrogens with one attached hydrogen (secondary N) is 1. The van der Waals surface area contributed by atoms with E-state index in [1.165, 1.54) is 33.8 Å². The topological polar surface area (TPSA) is 99.6 Å². The van der Waals surface area contributed by atoms with Gasteiger partial charge < -0.3 is 10.4 Å². The van der Waals surface area contributed by atoms with E-state index in [4.69, 9.17) is 0 Å². The van der Waals surface area contributed by atoms with Gasteiger partial charge in [-0.3, -0.25) is 4.79 Å². The predicted octanol–water partition coefficient (Wildman–Crippen LogP) is 3.64. The summed E-state index contributed by atoms with van der Waals surface area (Å²) in [6, 6.07) is 3.89. The van der Waals surface area contributed by atoms with E-state index >= 15 is 0 Å². The number of benzene rings is 1. The molecule has 9 heteroatoms. The largest absolute Gasteiger partial charge is 0.506 e. The Bertz CT molecular complexity index is 948. The molecule has 0 fully saturated rings. The van der Waals surface area contributed by atoms with E-state index < -0.39 is 15.9 Å². The molecule has 0 aliphatic carbocycles. The SMILES string of the molecule is CCN(CC)S(=O)(=O)c1ccc(O)c(NC(=O)c2sc(CC(C)C)nc2C)c1. The molecule has 0 spiro atoms. The highest BCUT2D eigenvalue weighted by molar-refractivity contribution is 7.89. The first-order valence-electron chi connectivity index (χ1n) is 9.20. The van der Waals surface area contributed by atoms with Crippen molar-refractivity contribution < 1.29 is 18.3 Å². The molecule has 7 nitrogen and oxygen atoms in total. The third kappa shape index (κ3) is 4.89. The molecule has 0 aliphatic rings. The molecule has 0 atom stereocenters. The maximum atomic E-state index is 12.7. The molecule has 1 aromatic heterocycles. The molecule has 0 radical (unpaired) electrons. The molecular weight excluding hydrogens is 398 g/mol. The fraction of sp³-hybridized carbons (Fsp3) is 0.474. The van der Waals surface area contributed by atoms with Crippen LogP contribution in [0.25, 0.3) is 0 Å². The van der Waals surface area contributed by atoms with Gasteiger partial charge in [0.2, 0.25) is 10.0 Å². The highest BCUT2D eigenvalue weighted by Crippen LogP contribution is 2.29. The van der Waals surface area contributed by atoms with E-state index in [-0.39, 0.29) is 16.3 Å². The Morgan fingerprint density at radius 2 is 1.93 bits per heavy atom. The number of sulfonamides is 1. The first-order valence-corrected chi connectivity index (χ1v) is 11.5. The van der Waals surface area contributed by atoms with Gasteiger partial charge >= 0.3 is 0 Å². The maximum Gasteiger partial charge on any atom is 0.267 e. The molecule has 154 valence electrons. The number of phenolic OH excluding ortho intramolecular Hbond substituents is 1. The van der Waals surface area contributed by atoms with Gasteiger partial charge in [-0.2, -0.15) is 4.31 Å². The lowest BCUT2D eigenvalue weighted by molar-refractivity contribution is 0.102. The average Bonchev–Trinajstić information content (AvgIpc) is 2.97. The molecule has 1 heterocycles. The lowest BCUT2D eigenvalue weighted by Gasteiger charge is -2.19. The van der Waals surface area contributed by atoms with Crippen LogP contribution in [0.3, 0.4) is 0 Å². The third-order valence-corrected chi connectivity index (χ3v) is 7.41. The molecule has 0 aliphatic heterocycles. The van der Waals surface area contributed by atoms with Crippen molar-refractivity contribution in [3.63, 3.8) is 0 Å². The van der Waals surface area contributed by atoms with Crippen LogP contribution in [0.1, 0.15) is 48.1 Å². The minimum Gasteiger partial charge on any atom is -0.506 e. The second kappa shape index (κ2) is 9.02. The Morgan fingerprint density at radius 1 is 1.29 bits per heavy atom. The molecule has 2 rings (SSSR count). The number of hydrogen-bond donors (Lipinski definition) is 2. The number of amides is 1. The van der Waals surface area contributed by atoms with E-state index in [0.29, 0.717) is 29.6 Å². The molecular formula is C19H27N3O4S2. The zero-order chi connectivity index (χ0) is 21.1. The van der Waals surface area contributed by atoms with Crippen LogP contribution in [0.4, 0.5) is 5.69 Å². The number of nitrogens with zero attached hydrogens (tertiary/aromatic N) is 2. The smallest absolute Gasteiger partial charge is 0.267 e. The van der Waals surface area contributed by atoms with Gasteiger partial charge in [0.15, 0.2) is 0 Å². The standard InChI is InChI=1S/C19H27N3O4S2/c1-6-22(7-2)28(25,26)14-8-9-16(23)15(11-14)21-19(24)18-13(5)20-17(27-18)10-12(3)4/h8-9,11-12,23H,6-7,10H2,1-5H3,(H,21,24). The van der Waals surface area contributed by atoms with Crippen LogP contribution in [0, 0.1) is 12.8 Å². The van der Waals surface area contributed by atoms with Crippen LogP contribution < -0.4 is 5.32 Å². The minimum atomic E-state index is -3.70. The fourth-order valence-electron chi connectivity index (χ4n) is 2.77. The Morgan fingerprint density at radius 3 is 2.50 bits per heavy atom. The number of aromatic nitrogens is 1. The summed E-state index contributed by atoms with van der Waals surface area (Å²) < 4.78 is 26.7. The van der Waals surface area contributed by atoms with E-state index in [1.807, 2.05) is 0 Å². The monoisotopic (exact) mass is 425 g/mol. The number of carbonyl (C=O) groups excluding carboxylic acids is 1. The van der Waals surface area contributed by atoms with E-state index in [1.54, 1.807) is 20.8 Å². The zero-order valence-electron chi connectivity index (χ0n) is 16.8. The second-order valence-corrected chi connectivity index (χ2v) is 9.86. The zero-order valence-corrected chi connectivity index (χ0v) is 18.4. The van der Waals surface area contributed by atoms with Crippen molar-refractivity contribution in [2.24, 2.45) is 5.92 Å². The Kier molecular flexibility index (Phi) is 7.19. The van der Waals surface area contributed by atoms with Crippen molar-refractivity contribution in [1.82, 2.24) is 9.29 Å². The van der Waals surface area contributed by atoms with Gasteiger partial charge in [0.25, 0.3) is 5.91 Å². The van der Waals surface area contributed by atoms with Gasteiger partial charge in [-0.05, 0) is 31.0 Å². The minimum absolute atomic E-state index is 0.0193. The van der Waals surface area contributed by atoms with Crippen LogP contribution in [-0.2, 0) is 16.4 Å². The molecule has 2 N–H and O–H groups in total. The van der Waals surface area contributed by atoms with Gasteiger partial charge in [0.1, 0.15) is 10.6 Å². The number of thiazole rings is 1. The molecule has 2 aromatic rings. The molecule has 28 heavy (non-hydrogen) atoms. The average molecular weight is 426 g/mol. The summed E-state index contributed by atoms with van der Waals surface area (Å²) in [4.78, 5) is 17.6. The normalized spacial score (nSPS) is 12.0. The van der Waals surface area contributed by atoms with Gasteiger partial charge in [0.05, 0.1) is 21.3 Å². The van der Waals surface area contributed by atoms with Crippen LogP contribution in [0.5, 0.6) is 5.75 Å². The molecule has 0 bridgehead atoms. The maximum absolute atomic E-state index is 12.7. The lowest BCUT2D eigenvalue weighted by Crippen LogP contribution is -2.30. The first-order chi connectivity index (χ1) is 13.1. The Hall–Kier alpha value is -1.97.